The summed E-state index contributed by atoms with van der Waals surface area (Å²) in [5.74, 6) is -2.50. The van der Waals surface area contributed by atoms with Crippen LogP contribution in [0.15, 0.2) is 18.5 Å². The van der Waals surface area contributed by atoms with Gasteiger partial charge in [-0.1, -0.05) is 6.92 Å². The fourth-order valence-electron chi connectivity index (χ4n) is 5.57. The first-order chi connectivity index (χ1) is 18.7. The summed E-state index contributed by atoms with van der Waals surface area (Å²) in [7, 11) is 0. The Balaban J connectivity index is 1.58. The first-order valence-corrected chi connectivity index (χ1v) is 14.2. The van der Waals surface area contributed by atoms with E-state index in [1.807, 2.05) is 19.9 Å². The van der Waals surface area contributed by atoms with E-state index < -0.39 is 29.8 Å². The third kappa shape index (κ3) is 7.80. The number of amides is 2. The predicted molar refractivity (Wildman–Crippen MR) is 145 cm³/mol. The van der Waals surface area contributed by atoms with Crippen molar-refractivity contribution in [3.8, 4) is 0 Å². The van der Waals surface area contributed by atoms with E-state index in [2.05, 4.69) is 21.0 Å². The number of carbonyl (C=O) groups excluding carboxylic acids is 1. The topological polar surface area (TPSA) is 130 Å². The zero-order valence-corrected chi connectivity index (χ0v) is 23.9. The van der Waals surface area contributed by atoms with Crippen molar-refractivity contribution in [2.75, 3.05) is 0 Å². The van der Waals surface area contributed by atoms with Crippen LogP contribution in [0.5, 0.6) is 0 Å². The molecular formula is C28H42F2N6O4. The lowest BCUT2D eigenvalue weighted by Gasteiger charge is -2.33. The number of fused-ring (bicyclic) bond motifs is 1. The van der Waals surface area contributed by atoms with E-state index in [9.17, 15) is 23.5 Å². The van der Waals surface area contributed by atoms with Gasteiger partial charge in [-0.2, -0.15) is 5.10 Å². The molecule has 0 aliphatic heterocycles. The molecule has 2 amide bonds. The van der Waals surface area contributed by atoms with Gasteiger partial charge in [-0.25, -0.2) is 27.9 Å². The van der Waals surface area contributed by atoms with E-state index in [0.29, 0.717) is 23.7 Å². The molecule has 0 saturated heterocycles. The molecule has 2 aromatic heterocycles. The number of ether oxygens (including phenoxy) is 1. The summed E-state index contributed by atoms with van der Waals surface area (Å²) < 4.78 is 35.0. The van der Waals surface area contributed by atoms with Gasteiger partial charge < -0.3 is 25.8 Å². The third-order valence-corrected chi connectivity index (χ3v) is 7.83. The van der Waals surface area contributed by atoms with Crippen molar-refractivity contribution < 1.29 is 28.2 Å². The molecule has 0 aromatic carbocycles. The number of hydrogen-bond donors (Lipinski definition) is 4. The smallest absolute Gasteiger partial charge is 0.408 e. The molecular weight excluding hydrogens is 522 g/mol. The second-order valence-electron chi connectivity index (χ2n) is 12.3. The maximum absolute atomic E-state index is 13.9. The lowest BCUT2D eigenvalue weighted by molar-refractivity contribution is -0.0500. The maximum atomic E-state index is 13.9. The Morgan fingerprint density at radius 3 is 2.38 bits per heavy atom. The summed E-state index contributed by atoms with van der Waals surface area (Å²) in [6.45, 7) is 9.22. The Morgan fingerprint density at radius 1 is 1.15 bits per heavy atom. The molecule has 0 spiro atoms. The number of aromatic nitrogens is 3. The second-order valence-corrected chi connectivity index (χ2v) is 12.3. The van der Waals surface area contributed by atoms with E-state index in [0.717, 1.165) is 18.4 Å². The number of nitrogens with zero attached hydrogens (tertiary/aromatic N) is 3. The van der Waals surface area contributed by atoms with E-state index >= 15 is 0 Å². The zero-order chi connectivity index (χ0) is 29.2. The van der Waals surface area contributed by atoms with Crippen LogP contribution < -0.4 is 16.0 Å². The summed E-state index contributed by atoms with van der Waals surface area (Å²) in [6.07, 6.45) is 4.68. The fourth-order valence-corrected chi connectivity index (χ4v) is 5.57. The number of hydrogen-bond acceptors (Lipinski definition) is 6. The SMILES string of the molecule is CCC(NC(=O)O)[C@@H](C)N[C@@H](c1cnn2cc([C@@H](NC(=O)OC(C)(C)C)C3CCC(F)(F)CC3)nc2c1)C1CC1. The van der Waals surface area contributed by atoms with E-state index in [-0.39, 0.29) is 49.7 Å². The van der Waals surface area contributed by atoms with Crippen molar-refractivity contribution in [2.24, 2.45) is 11.8 Å². The molecule has 12 heteroatoms. The minimum Gasteiger partial charge on any atom is -0.465 e. The molecule has 2 aliphatic rings. The minimum atomic E-state index is -2.69. The average molecular weight is 565 g/mol. The fraction of sp³-hybridized carbons (Fsp3) is 0.714. The van der Waals surface area contributed by atoms with Crippen molar-refractivity contribution in [1.82, 2.24) is 30.5 Å². The molecule has 1 unspecified atom stereocenters. The number of carbonyl (C=O) groups is 2. The average Bonchev–Trinajstić information content (AvgIpc) is 3.61. The summed E-state index contributed by atoms with van der Waals surface area (Å²) in [6, 6.07) is 0.986. The van der Waals surface area contributed by atoms with Gasteiger partial charge in [-0.05, 0) is 83.3 Å². The standard InChI is InChI=1S/C28H42F2N6O4/c1-6-20(34-25(37)38)16(2)32-23(17-7-8-17)19-13-22-33-21(15-36(22)31-14-19)24(35-26(39)40-27(3,4)5)18-9-11-28(29,30)12-10-18/h13-18,20,23-24,32,34H,6-12H2,1-5H3,(H,35,39)(H,37,38)/t16-,20?,23-,24+/m1/s1. The highest BCUT2D eigenvalue weighted by Gasteiger charge is 2.40. The third-order valence-electron chi connectivity index (χ3n) is 7.83. The van der Waals surface area contributed by atoms with Gasteiger partial charge in [-0.15, -0.1) is 0 Å². The first kappa shape index (κ1) is 30.0. The van der Waals surface area contributed by atoms with Crippen LogP contribution in [0.4, 0.5) is 18.4 Å². The Bertz CT molecular complexity index is 1190. The summed E-state index contributed by atoms with van der Waals surface area (Å²) >= 11 is 0. The Kier molecular flexibility index (Phi) is 8.86. The number of rotatable bonds is 10. The lowest BCUT2D eigenvalue weighted by Crippen LogP contribution is -2.49. The molecule has 4 rings (SSSR count). The summed E-state index contributed by atoms with van der Waals surface area (Å²) in [5.41, 5.74) is 1.37. The van der Waals surface area contributed by atoms with Gasteiger partial charge >= 0.3 is 12.2 Å². The van der Waals surface area contributed by atoms with Crippen molar-refractivity contribution >= 4 is 17.8 Å². The van der Waals surface area contributed by atoms with Gasteiger partial charge in [-0.3, -0.25) is 0 Å². The number of alkyl carbamates (subject to hydrolysis) is 1. The number of carboxylic acid groups (broad SMARTS) is 1. The van der Waals surface area contributed by atoms with Crippen molar-refractivity contribution in [3.63, 3.8) is 0 Å². The quantitative estimate of drug-likeness (QED) is 0.296. The maximum Gasteiger partial charge on any atom is 0.408 e. The highest BCUT2D eigenvalue weighted by atomic mass is 19.3. The normalized spacial score (nSPS) is 20.9. The monoisotopic (exact) mass is 564 g/mol. The van der Waals surface area contributed by atoms with Gasteiger partial charge in [0, 0.05) is 31.0 Å². The summed E-state index contributed by atoms with van der Waals surface area (Å²) in [5, 5.41) is 22.9. The Labute approximate surface area is 233 Å². The lowest BCUT2D eigenvalue weighted by atomic mass is 9.81. The van der Waals surface area contributed by atoms with E-state index in [4.69, 9.17) is 9.72 Å². The molecule has 4 N–H and O–H groups in total. The largest absolute Gasteiger partial charge is 0.465 e. The number of halogens is 2. The Hall–Kier alpha value is -3.02. The first-order valence-electron chi connectivity index (χ1n) is 14.2. The van der Waals surface area contributed by atoms with Gasteiger partial charge in [0.25, 0.3) is 0 Å². The predicted octanol–water partition coefficient (Wildman–Crippen LogP) is 5.60. The van der Waals surface area contributed by atoms with Crippen LogP contribution in [0.25, 0.3) is 5.65 Å². The van der Waals surface area contributed by atoms with Crippen molar-refractivity contribution in [3.05, 3.63) is 29.7 Å². The molecule has 2 heterocycles. The molecule has 2 aromatic rings. The molecule has 2 aliphatic carbocycles. The van der Waals surface area contributed by atoms with E-state index in [1.54, 1.807) is 37.7 Å². The van der Waals surface area contributed by atoms with Crippen molar-refractivity contribution in [2.45, 2.75) is 115 Å². The minimum absolute atomic E-state index is 0.0199. The van der Waals surface area contributed by atoms with Crippen LogP contribution in [0.3, 0.4) is 0 Å². The van der Waals surface area contributed by atoms with Crippen LogP contribution in [-0.4, -0.2) is 55.5 Å². The molecule has 10 nitrogen and oxygen atoms in total. The molecule has 40 heavy (non-hydrogen) atoms. The van der Waals surface area contributed by atoms with Crippen LogP contribution >= 0.6 is 0 Å². The molecule has 222 valence electrons. The number of alkyl halides is 2. The second kappa shape index (κ2) is 11.8. The Morgan fingerprint density at radius 2 is 1.80 bits per heavy atom. The van der Waals surface area contributed by atoms with Crippen LogP contribution in [0.1, 0.15) is 103 Å². The van der Waals surface area contributed by atoms with Crippen LogP contribution in [0, 0.1) is 11.8 Å². The van der Waals surface area contributed by atoms with E-state index in [1.165, 1.54) is 0 Å². The highest BCUT2D eigenvalue weighted by molar-refractivity contribution is 5.68. The molecule has 4 atom stereocenters. The molecule has 2 saturated carbocycles. The number of imidazole rings is 1. The summed E-state index contributed by atoms with van der Waals surface area (Å²) in [4.78, 5) is 28.7. The van der Waals surface area contributed by atoms with Gasteiger partial charge in [0.15, 0.2) is 5.65 Å². The van der Waals surface area contributed by atoms with Gasteiger partial charge in [0.05, 0.1) is 24.1 Å². The number of nitrogens with one attached hydrogen (secondary N) is 3. The molecule has 0 radical (unpaired) electrons. The zero-order valence-electron chi connectivity index (χ0n) is 23.9. The van der Waals surface area contributed by atoms with Crippen LogP contribution in [0.2, 0.25) is 0 Å². The molecule has 0 bridgehead atoms. The molecule has 2 fully saturated rings. The highest BCUT2D eigenvalue weighted by Crippen LogP contribution is 2.43. The van der Waals surface area contributed by atoms with Crippen LogP contribution in [-0.2, 0) is 4.74 Å². The van der Waals surface area contributed by atoms with Gasteiger partial charge in [0.2, 0.25) is 5.92 Å². The van der Waals surface area contributed by atoms with Gasteiger partial charge in [0.1, 0.15) is 5.60 Å². The van der Waals surface area contributed by atoms with Crippen molar-refractivity contribution in [1.29, 1.82) is 0 Å².